The molecule has 1 aliphatic rings. The van der Waals surface area contributed by atoms with E-state index in [2.05, 4.69) is 15.3 Å². The summed E-state index contributed by atoms with van der Waals surface area (Å²) in [6.07, 6.45) is 7.42. The van der Waals surface area contributed by atoms with Gasteiger partial charge in [-0.05, 0) is 79.5 Å². The Labute approximate surface area is 251 Å². The molecule has 3 aromatic rings. The molecular weight excluding hydrogens is 547 g/mol. The van der Waals surface area contributed by atoms with Gasteiger partial charge in [0.25, 0.3) is 0 Å². The Bertz CT molecular complexity index is 1530. The summed E-state index contributed by atoms with van der Waals surface area (Å²) in [5.41, 5.74) is 8.01. The van der Waals surface area contributed by atoms with Crippen LogP contribution in [-0.2, 0) is 25.7 Å². The normalized spacial score (nSPS) is 14.4. The van der Waals surface area contributed by atoms with Crippen LogP contribution in [0.4, 0.5) is 4.39 Å². The second-order valence-electron chi connectivity index (χ2n) is 11.0. The number of hydrogen-bond donors (Lipinski definition) is 2. The van der Waals surface area contributed by atoms with Crippen LogP contribution in [0, 0.1) is 11.7 Å². The molecule has 0 saturated heterocycles. The van der Waals surface area contributed by atoms with E-state index in [1.54, 1.807) is 25.3 Å². The molecular formula is C34H39FN4O4. The van der Waals surface area contributed by atoms with E-state index in [0.29, 0.717) is 42.5 Å². The summed E-state index contributed by atoms with van der Waals surface area (Å²) < 4.78 is 20.0. The SMILES string of the molecule is CN=C(C(=O)OC[C@@H](C/C=C(\C)C(=O)NCc1cccc(F)c1C1CC1)CCCC(=O)CN)c1cc2ccccc2cn1. The van der Waals surface area contributed by atoms with Crippen LogP contribution >= 0.6 is 0 Å². The number of Topliss-reactive ketones (excluding diaryl/α,β-unsaturated/α-hetero) is 1. The number of pyridine rings is 1. The first-order valence-corrected chi connectivity index (χ1v) is 14.7. The van der Waals surface area contributed by atoms with Gasteiger partial charge in [-0.2, -0.15) is 0 Å². The third kappa shape index (κ3) is 8.88. The molecule has 9 heteroatoms. The average molecular weight is 587 g/mol. The van der Waals surface area contributed by atoms with Crippen LogP contribution in [0.25, 0.3) is 10.8 Å². The fourth-order valence-electron chi connectivity index (χ4n) is 5.06. The lowest BCUT2D eigenvalue weighted by Crippen LogP contribution is -2.25. The highest BCUT2D eigenvalue weighted by Gasteiger charge is 2.29. The fourth-order valence-corrected chi connectivity index (χ4v) is 5.06. The number of ether oxygens (including phenoxy) is 1. The molecule has 1 atom stereocenters. The first kappa shape index (κ1) is 31.7. The molecule has 226 valence electrons. The lowest BCUT2D eigenvalue weighted by molar-refractivity contribution is -0.137. The molecule has 0 radical (unpaired) electrons. The topological polar surface area (TPSA) is 124 Å². The van der Waals surface area contributed by atoms with E-state index in [1.807, 2.05) is 36.4 Å². The van der Waals surface area contributed by atoms with Gasteiger partial charge in [-0.25, -0.2) is 9.18 Å². The van der Waals surface area contributed by atoms with E-state index >= 15 is 0 Å². The Morgan fingerprint density at radius 2 is 1.93 bits per heavy atom. The predicted molar refractivity (Wildman–Crippen MR) is 165 cm³/mol. The summed E-state index contributed by atoms with van der Waals surface area (Å²) >= 11 is 0. The van der Waals surface area contributed by atoms with E-state index in [1.165, 1.54) is 13.1 Å². The number of allylic oxidation sites excluding steroid dienone is 1. The number of nitrogens with zero attached hydrogens (tertiary/aromatic N) is 2. The van der Waals surface area contributed by atoms with Gasteiger partial charge in [0, 0.05) is 37.2 Å². The van der Waals surface area contributed by atoms with Crippen molar-refractivity contribution in [3.05, 3.63) is 89.0 Å². The molecule has 1 aromatic heterocycles. The molecule has 1 fully saturated rings. The number of aliphatic imine (C=N–C) groups is 1. The Balaban J connectivity index is 1.37. The summed E-state index contributed by atoms with van der Waals surface area (Å²) in [6.45, 7) is 2.04. The highest BCUT2D eigenvalue weighted by Crippen LogP contribution is 2.42. The van der Waals surface area contributed by atoms with Crippen LogP contribution in [0.1, 0.15) is 68.2 Å². The van der Waals surface area contributed by atoms with Crippen molar-refractivity contribution in [1.82, 2.24) is 10.3 Å². The molecule has 43 heavy (non-hydrogen) atoms. The van der Waals surface area contributed by atoms with Gasteiger partial charge >= 0.3 is 5.97 Å². The third-order valence-electron chi connectivity index (χ3n) is 7.72. The maximum absolute atomic E-state index is 14.4. The Morgan fingerprint density at radius 1 is 1.16 bits per heavy atom. The maximum Gasteiger partial charge on any atom is 0.358 e. The molecule has 2 aromatic carbocycles. The average Bonchev–Trinajstić information content (AvgIpc) is 3.86. The Kier molecular flexibility index (Phi) is 11.3. The first-order chi connectivity index (χ1) is 20.8. The van der Waals surface area contributed by atoms with Crippen LogP contribution in [0.5, 0.6) is 0 Å². The Hall–Kier alpha value is -4.24. The highest BCUT2D eigenvalue weighted by atomic mass is 19.1. The number of carbonyl (C=O) groups excluding carboxylic acids is 3. The largest absolute Gasteiger partial charge is 0.461 e. The lowest BCUT2D eigenvalue weighted by atomic mass is 9.97. The summed E-state index contributed by atoms with van der Waals surface area (Å²) in [5.74, 6) is -0.998. The van der Waals surface area contributed by atoms with Crippen molar-refractivity contribution in [2.75, 3.05) is 20.2 Å². The number of rotatable bonds is 15. The number of amides is 1. The molecule has 0 unspecified atom stereocenters. The molecule has 4 rings (SSSR count). The van der Waals surface area contributed by atoms with Crippen molar-refractivity contribution in [3.63, 3.8) is 0 Å². The number of carbonyl (C=O) groups is 3. The number of nitrogens with one attached hydrogen (secondary N) is 1. The maximum atomic E-state index is 14.4. The molecule has 1 aliphatic carbocycles. The van der Waals surface area contributed by atoms with Crippen molar-refractivity contribution in [2.24, 2.45) is 16.6 Å². The van der Waals surface area contributed by atoms with E-state index in [-0.39, 0.29) is 54.8 Å². The lowest BCUT2D eigenvalue weighted by Gasteiger charge is -2.16. The number of fused-ring (bicyclic) bond motifs is 1. The van der Waals surface area contributed by atoms with Crippen molar-refractivity contribution in [2.45, 2.75) is 57.9 Å². The smallest absolute Gasteiger partial charge is 0.358 e. The quantitative estimate of drug-likeness (QED) is 0.144. The first-order valence-electron chi connectivity index (χ1n) is 14.7. The Morgan fingerprint density at radius 3 is 2.65 bits per heavy atom. The molecule has 0 bridgehead atoms. The van der Waals surface area contributed by atoms with Crippen molar-refractivity contribution in [1.29, 1.82) is 0 Å². The fraction of sp³-hybridized carbons (Fsp3) is 0.382. The van der Waals surface area contributed by atoms with Gasteiger partial charge in [0.2, 0.25) is 5.91 Å². The molecule has 0 aliphatic heterocycles. The summed E-state index contributed by atoms with van der Waals surface area (Å²) in [6, 6.07) is 14.5. The van der Waals surface area contributed by atoms with Crippen molar-refractivity contribution < 1.29 is 23.5 Å². The van der Waals surface area contributed by atoms with E-state index in [4.69, 9.17) is 10.5 Å². The predicted octanol–water partition coefficient (Wildman–Crippen LogP) is 5.18. The zero-order valence-corrected chi connectivity index (χ0v) is 24.8. The van der Waals surface area contributed by atoms with Gasteiger partial charge < -0.3 is 15.8 Å². The molecule has 8 nitrogen and oxygen atoms in total. The van der Waals surface area contributed by atoms with Gasteiger partial charge in [-0.3, -0.25) is 19.6 Å². The highest BCUT2D eigenvalue weighted by molar-refractivity contribution is 6.43. The van der Waals surface area contributed by atoms with Crippen LogP contribution < -0.4 is 11.1 Å². The minimum Gasteiger partial charge on any atom is -0.461 e. The summed E-state index contributed by atoms with van der Waals surface area (Å²) in [4.78, 5) is 46.2. The molecule has 1 amide bonds. The van der Waals surface area contributed by atoms with E-state index < -0.39 is 5.97 Å². The van der Waals surface area contributed by atoms with Gasteiger partial charge in [0.15, 0.2) is 5.71 Å². The molecule has 3 N–H and O–H groups in total. The zero-order chi connectivity index (χ0) is 30.8. The number of nitrogens with two attached hydrogens (primary N) is 1. The number of benzene rings is 2. The standard InChI is InChI=1S/C34H39FN4O4/c1-22(33(41)39-20-27-10-6-12-29(35)31(27)24-15-16-24)13-14-23(7-5-11-28(40)18-36)21-43-34(42)32(37-2)30-17-25-8-3-4-9-26(25)19-38-30/h3-4,6,8-10,12-13,17,19,23-24H,5,7,11,14-16,18,20-21,36H2,1-2H3,(H,39,41)/b22-13+,37-32?/t23-/m1/s1. The van der Waals surface area contributed by atoms with E-state index in [0.717, 1.165) is 29.2 Å². The molecule has 0 spiro atoms. The number of aromatic nitrogens is 1. The minimum atomic E-state index is -0.590. The van der Waals surface area contributed by atoms with Gasteiger partial charge in [-0.15, -0.1) is 0 Å². The van der Waals surface area contributed by atoms with Crippen LogP contribution in [0.3, 0.4) is 0 Å². The number of hydrogen-bond acceptors (Lipinski definition) is 7. The van der Waals surface area contributed by atoms with Crippen molar-refractivity contribution in [3.8, 4) is 0 Å². The third-order valence-corrected chi connectivity index (χ3v) is 7.72. The van der Waals surface area contributed by atoms with Crippen LogP contribution in [0.2, 0.25) is 0 Å². The zero-order valence-electron chi connectivity index (χ0n) is 24.8. The summed E-state index contributed by atoms with van der Waals surface area (Å²) in [7, 11) is 1.52. The monoisotopic (exact) mass is 586 g/mol. The van der Waals surface area contributed by atoms with Gasteiger partial charge in [0.05, 0.1) is 18.8 Å². The second kappa shape index (κ2) is 15.3. The number of esters is 1. The van der Waals surface area contributed by atoms with Crippen molar-refractivity contribution >= 4 is 34.1 Å². The van der Waals surface area contributed by atoms with Crippen LogP contribution in [0.15, 0.2) is 71.4 Å². The number of ketones is 1. The molecule has 1 heterocycles. The summed E-state index contributed by atoms with van der Waals surface area (Å²) in [5, 5.41) is 4.79. The van der Waals surface area contributed by atoms with Gasteiger partial charge in [-0.1, -0.05) is 42.5 Å². The van der Waals surface area contributed by atoms with E-state index in [9.17, 15) is 18.8 Å². The van der Waals surface area contributed by atoms with Gasteiger partial charge in [0.1, 0.15) is 11.6 Å². The second-order valence-corrected chi connectivity index (χ2v) is 11.0. The molecule has 1 saturated carbocycles. The number of halogens is 1. The minimum absolute atomic E-state index is 0.0122. The van der Waals surface area contributed by atoms with Crippen LogP contribution in [-0.4, -0.2) is 48.6 Å².